The third kappa shape index (κ3) is 4.82. The highest BCUT2D eigenvalue weighted by molar-refractivity contribution is 5.92. The number of hydrogen-bond acceptors (Lipinski definition) is 6. The van der Waals surface area contributed by atoms with Crippen LogP contribution in [0.1, 0.15) is 21.5 Å². The molecule has 0 bridgehead atoms. The lowest BCUT2D eigenvalue weighted by Gasteiger charge is -2.06. The zero-order valence-electron chi connectivity index (χ0n) is 15.9. The molecule has 1 N–H and O–H groups in total. The van der Waals surface area contributed by atoms with Crippen LogP contribution in [0.25, 0.3) is 0 Å². The molecule has 0 saturated heterocycles. The molecule has 0 spiro atoms. The van der Waals surface area contributed by atoms with Crippen LogP contribution < -0.4 is 19.6 Å². The van der Waals surface area contributed by atoms with Crippen molar-refractivity contribution in [3.05, 3.63) is 89.5 Å². The summed E-state index contributed by atoms with van der Waals surface area (Å²) < 4.78 is 15.9. The summed E-state index contributed by atoms with van der Waals surface area (Å²) in [5.74, 6) is 0.731. The second kappa shape index (κ2) is 8.91. The monoisotopic (exact) mass is 402 g/mol. The quantitative estimate of drug-likeness (QED) is 0.296. The van der Waals surface area contributed by atoms with Crippen molar-refractivity contribution < 1.29 is 23.8 Å². The topological polar surface area (TPSA) is 86.2 Å². The number of fused-ring (bicyclic) bond motifs is 1. The van der Waals surface area contributed by atoms with Gasteiger partial charge in [-0.1, -0.05) is 42.5 Å². The summed E-state index contributed by atoms with van der Waals surface area (Å²) in [6.45, 7) is 0.136. The van der Waals surface area contributed by atoms with Gasteiger partial charge in [0.05, 0.1) is 18.2 Å². The van der Waals surface area contributed by atoms with Crippen molar-refractivity contribution in [3.63, 3.8) is 0 Å². The lowest BCUT2D eigenvalue weighted by Crippen LogP contribution is -2.19. The summed E-state index contributed by atoms with van der Waals surface area (Å²) in [5.41, 5.74) is 4.42. The first-order chi connectivity index (χ1) is 14.7. The zero-order valence-corrected chi connectivity index (χ0v) is 15.9. The number of nitrogens with one attached hydrogen (secondary N) is 1. The molecular formula is C23H18N2O5. The molecular weight excluding hydrogens is 384 g/mol. The molecule has 1 heterocycles. The summed E-state index contributed by atoms with van der Waals surface area (Å²) >= 11 is 0. The Bertz CT molecular complexity index is 1100. The number of esters is 1. The Morgan fingerprint density at radius 1 is 0.967 bits per heavy atom. The molecule has 0 unspecified atom stereocenters. The van der Waals surface area contributed by atoms with E-state index in [-0.39, 0.29) is 19.1 Å². The molecule has 1 amide bonds. The molecule has 7 nitrogen and oxygen atoms in total. The number of hydrogen-bond donors (Lipinski definition) is 1. The van der Waals surface area contributed by atoms with E-state index in [2.05, 4.69) is 10.5 Å². The van der Waals surface area contributed by atoms with E-state index < -0.39 is 5.97 Å². The Balaban J connectivity index is 1.35. The maximum Gasteiger partial charge on any atom is 0.343 e. The van der Waals surface area contributed by atoms with Crippen LogP contribution in [-0.4, -0.2) is 24.9 Å². The van der Waals surface area contributed by atoms with Gasteiger partial charge in [-0.3, -0.25) is 4.79 Å². The van der Waals surface area contributed by atoms with Gasteiger partial charge in [0.15, 0.2) is 11.5 Å². The molecule has 30 heavy (non-hydrogen) atoms. The van der Waals surface area contributed by atoms with Crippen LogP contribution in [0, 0.1) is 0 Å². The summed E-state index contributed by atoms with van der Waals surface area (Å²) in [4.78, 5) is 24.3. The third-order valence-electron chi connectivity index (χ3n) is 4.29. The minimum atomic E-state index is -0.515. The van der Waals surface area contributed by atoms with Gasteiger partial charge < -0.3 is 14.2 Å². The van der Waals surface area contributed by atoms with E-state index in [1.165, 1.54) is 6.21 Å². The number of hydrazone groups is 1. The van der Waals surface area contributed by atoms with Crippen LogP contribution in [0.5, 0.6) is 17.2 Å². The van der Waals surface area contributed by atoms with Crippen molar-refractivity contribution in [1.82, 2.24) is 5.43 Å². The largest absolute Gasteiger partial charge is 0.454 e. The second-order valence-corrected chi connectivity index (χ2v) is 6.49. The number of rotatable bonds is 6. The smallest absolute Gasteiger partial charge is 0.343 e. The Labute approximate surface area is 172 Å². The van der Waals surface area contributed by atoms with Crippen LogP contribution in [0.2, 0.25) is 0 Å². The van der Waals surface area contributed by atoms with Crippen molar-refractivity contribution in [2.24, 2.45) is 5.10 Å². The number of carbonyl (C=O) groups excluding carboxylic acids is 2. The van der Waals surface area contributed by atoms with E-state index >= 15 is 0 Å². The first-order valence-electron chi connectivity index (χ1n) is 9.25. The molecule has 3 aromatic carbocycles. The van der Waals surface area contributed by atoms with Gasteiger partial charge in [0, 0.05) is 0 Å². The average Bonchev–Trinajstić information content (AvgIpc) is 3.22. The van der Waals surface area contributed by atoms with Crippen LogP contribution in [-0.2, 0) is 11.2 Å². The Hall–Kier alpha value is -4.13. The first-order valence-corrected chi connectivity index (χ1v) is 9.25. The minimum Gasteiger partial charge on any atom is -0.454 e. The molecule has 150 valence electrons. The van der Waals surface area contributed by atoms with Crippen molar-refractivity contribution in [3.8, 4) is 17.2 Å². The fraction of sp³-hybridized carbons (Fsp3) is 0.0870. The van der Waals surface area contributed by atoms with Crippen molar-refractivity contribution in [2.45, 2.75) is 6.42 Å². The number of amides is 1. The molecule has 4 rings (SSSR count). The molecule has 0 aliphatic carbocycles. The maximum absolute atomic E-state index is 12.4. The number of carbonyl (C=O) groups is 2. The third-order valence-corrected chi connectivity index (χ3v) is 4.29. The van der Waals surface area contributed by atoms with Crippen molar-refractivity contribution >= 4 is 18.1 Å². The Morgan fingerprint density at radius 2 is 1.80 bits per heavy atom. The van der Waals surface area contributed by atoms with Crippen LogP contribution in [0.4, 0.5) is 0 Å². The standard InChI is InChI=1S/C23H18N2O5/c26-22(12-16-5-2-1-3-6-16)25-24-14-17-7-4-8-19(11-17)30-23(27)18-9-10-20-21(13-18)29-15-28-20/h1-11,13-14H,12,15H2,(H,25,26). The number of nitrogens with zero attached hydrogens (tertiary/aromatic N) is 1. The van der Waals surface area contributed by atoms with Crippen LogP contribution in [0.3, 0.4) is 0 Å². The van der Waals surface area contributed by atoms with Gasteiger partial charge >= 0.3 is 5.97 Å². The first kappa shape index (κ1) is 19.2. The molecule has 0 aromatic heterocycles. The second-order valence-electron chi connectivity index (χ2n) is 6.49. The Morgan fingerprint density at radius 3 is 2.67 bits per heavy atom. The predicted molar refractivity (Wildman–Crippen MR) is 110 cm³/mol. The van der Waals surface area contributed by atoms with Gasteiger partial charge in [0.2, 0.25) is 12.7 Å². The SMILES string of the molecule is O=C(Cc1ccccc1)NN=Cc1cccc(OC(=O)c2ccc3c(c2)OCO3)c1. The van der Waals surface area contributed by atoms with E-state index in [1.807, 2.05) is 30.3 Å². The summed E-state index contributed by atoms with van der Waals surface area (Å²) in [6, 6.07) is 21.1. The molecule has 1 aliphatic rings. The fourth-order valence-electron chi connectivity index (χ4n) is 2.85. The molecule has 0 saturated carbocycles. The summed E-state index contributed by atoms with van der Waals surface area (Å²) in [5, 5.41) is 3.96. The minimum absolute atomic E-state index is 0.136. The molecule has 0 atom stereocenters. The van der Waals surface area contributed by atoms with Gasteiger partial charge in [-0.25, -0.2) is 10.2 Å². The normalized spacial score (nSPS) is 12.0. The van der Waals surface area contributed by atoms with E-state index in [0.717, 1.165) is 5.56 Å². The number of ether oxygens (including phenoxy) is 3. The lowest BCUT2D eigenvalue weighted by atomic mass is 10.1. The lowest BCUT2D eigenvalue weighted by molar-refractivity contribution is -0.120. The highest BCUT2D eigenvalue weighted by Crippen LogP contribution is 2.32. The van der Waals surface area contributed by atoms with Gasteiger partial charge in [-0.05, 0) is 41.5 Å². The molecule has 1 aliphatic heterocycles. The van der Waals surface area contributed by atoms with E-state index in [9.17, 15) is 9.59 Å². The molecule has 3 aromatic rings. The number of benzene rings is 3. The highest BCUT2D eigenvalue weighted by atomic mass is 16.7. The van der Waals surface area contributed by atoms with Crippen LogP contribution in [0.15, 0.2) is 77.9 Å². The highest BCUT2D eigenvalue weighted by Gasteiger charge is 2.17. The molecule has 0 fully saturated rings. The summed E-state index contributed by atoms with van der Waals surface area (Å²) in [7, 11) is 0. The van der Waals surface area contributed by atoms with Gasteiger partial charge in [0.25, 0.3) is 0 Å². The predicted octanol–water partition coefficient (Wildman–Crippen LogP) is 3.33. The van der Waals surface area contributed by atoms with Gasteiger partial charge in [0.1, 0.15) is 5.75 Å². The summed E-state index contributed by atoms with van der Waals surface area (Å²) in [6.07, 6.45) is 1.73. The van der Waals surface area contributed by atoms with E-state index in [0.29, 0.717) is 28.4 Å². The molecule has 7 heteroatoms. The van der Waals surface area contributed by atoms with Gasteiger partial charge in [-0.2, -0.15) is 5.10 Å². The molecule has 0 radical (unpaired) electrons. The van der Waals surface area contributed by atoms with Gasteiger partial charge in [-0.15, -0.1) is 0 Å². The van der Waals surface area contributed by atoms with E-state index in [4.69, 9.17) is 14.2 Å². The maximum atomic E-state index is 12.4. The van der Waals surface area contributed by atoms with E-state index in [1.54, 1.807) is 42.5 Å². The zero-order chi connectivity index (χ0) is 20.8. The van der Waals surface area contributed by atoms with Crippen molar-refractivity contribution in [1.29, 1.82) is 0 Å². The van der Waals surface area contributed by atoms with Crippen LogP contribution >= 0.6 is 0 Å². The average molecular weight is 402 g/mol. The van der Waals surface area contributed by atoms with Crippen molar-refractivity contribution in [2.75, 3.05) is 6.79 Å². The Kier molecular flexibility index (Phi) is 5.70. The fourth-order valence-corrected chi connectivity index (χ4v) is 2.85.